The fourth-order valence-electron chi connectivity index (χ4n) is 2.46. The van der Waals surface area contributed by atoms with Crippen LogP contribution in [0.4, 0.5) is 0 Å². The maximum Gasteiger partial charge on any atom is 0.248 e. The topological polar surface area (TPSA) is 181 Å². The number of benzene rings is 2. The number of nitrogens with two attached hydrogens (primary N) is 2. The van der Waals surface area contributed by atoms with E-state index in [0.29, 0.717) is 11.1 Å². The number of hydrogen-bond donors (Lipinski definition) is 4. The Labute approximate surface area is 194 Å². The predicted molar refractivity (Wildman–Crippen MR) is 123 cm³/mol. The number of primary amides is 2. The van der Waals surface area contributed by atoms with Crippen molar-refractivity contribution in [2.24, 2.45) is 11.5 Å². The minimum atomic E-state index is -0.486. The molecule has 0 aliphatic heterocycles. The summed E-state index contributed by atoms with van der Waals surface area (Å²) in [4.78, 5) is 20.9. The van der Waals surface area contributed by atoms with E-state index in [4.69, 9.17) is 21.7 Å². The number of nitrogens with zero attached hydrogens (tertiary/aromatic N) is 2. The van der Waals surface area contributed by atoms with Gasteiger partial charge in [-0.2, -0.15) is 9.46 Å². The van der Waals surface area contributed by atoms with Gasteiger partial charge in [-0.1, -0.05) is 0 Å². The number of phenols is 2. The molecule has 2 heterocycles. The zero-order chi connectivity index (χ0) is 25.1. The number of hydrogen-bond acceptors (Lipinski definition) is 6. The molecule has 0 radical (unpaired) electrons. The molecule has 4 aromatic rings. The molecular formula is C24H22N4O6. The highest BCUT2D eigenvalue weighted by atomic mass is 16.5. The van der Waals surface area contributed by atoms with E-state index in [9.17, 15) is 20.0 Å². The molecule has 0 bridgehead atoms. The van der Waals surface area contributed by atoms with Gasteiger partial charge in [0.25, 0.3) is 0 Å². The first-order chi connectivity index (χ1) is 16.2. The van der Waals surface area contributed by atoms with Gasteiger partial charge in [0.1, 0.15) is 11.5 Å². The van der Waals surface area contributed by atoms with Crippen LogP contribution in [0, 0.1) is 10.4 Å². The minimum Gasteiger partial charge on any atom is -0.619 e. The van der Waals surface area contributed by atoms with Gasteiger partial charge in [0, 0.05) is 35.4 Å². The van der Waals surface area contributed by atoms with E-state index in [-0.39, 0.29) is 11.5 Å². The molecule has 0 saturated heterocycles. The van der Waals surface area contributed by atoms with Crippen LogP contribution in [0.5, 0.6) is 11.5 Å². The average molecular weight is 462 g/mol. The Hall–Kier alpha value is -5.12. The third-order valence-corrected chi connectivity index (χ3v) is 4.24. The van der Waals surface area contributed by atoms with Crippen LogP contribution in [0.15, 0.2) is 97.6 Å². The van der Waals surface area contributed by atoms with Gasteiger partial charge >= 0.3 is 0 Å². The molecule has 10 nitrogen and oxygen atoms in total. The highest BCUT2D eigenvalue weighted by molar-refractivity contribution is 5.93. The standard InChI is InChI=1S/C10H8N2O2.2C7H7NO2/c13-11-5-1-9(2-6-11)10-3-7-12(14)8-4-10;2*8-7(10)5-1-3-6(9)4-2-5/h1-8H;2*1-4,9H,(H2,8,10). The van der Waals surface area contributed by atoms with Crippen LogP contribution in [0.2, 0.25) is 0 Å². The smallest absolute Gasteiger partial charge is 0.248 e. The molecule has 34 heavy (non-hydrogen) atoms. The van der Waals surface area contributed by atoms with Gasteiger partial charge in [0.2, 0.25) is 11.8 Å². The van der Waals surface area contributed by atoms with Crippen LogP contribution in [0.1, 0.15) is 20.7 Å². The summed E-state index contributed by atoms with van der Waals surface area (Å²) in [6, 6.07) is 18.4. The molecule has 0 saturated carbocycles. The lowest BCUT2D eigenvalue weighted by Gasteiger charge is -2.00. The first kappa shape index (κ1) is 25.1. The molecule has 0 spiro atoms. The molecule has 2 aromatic heterocycles. The molecule has 0 aliphatic carbocycles. The first-order valence-electron chi connectivity index (χ1n) is 9.71. The SMILES string of the molecule is NC(=O)c1ccc(O)cc1.NC(=O)c1ccc(O)cc1.[O-][n+]1ccc(-c2cc[n+]([O-])cc2)cc1. The normalized spacial score (nSPS) is 9.53. The fourth-order valence-corrected chi connectivity index (χ4v) is 2.46. The van der Waals surface area contributed by atoms with Crippen molar-refractivity contribution in [3.05, 3.63) is 119 Å². The first-order valence-corrected chi connectivity index (χ1v) is 9.71. The number of pyridine rings is 2. The van der Waals surface area contributed by atoms with Crippen molar-refractivity contribution >= 4 is 11.8 Å². The Morgan fingerprint density at radius 3 is 1.06 bits per heavy atom. The quantitative estimate of drug-likeness (QED) is 0.265. The average Bonchev–Trinajstić information content (AvgIpc) is 2.82. The molecular weight excluding hydrogens is 440 g/mol. The van der Waals surface area contributed by atoms with Crippen LogP contribution < -0.4 is 20.9 Å². The van der Waals surface area contributed by atoms with Gasteiger partial charge in [-0.3, -0.25) is 9.59 Å². The molecule has 0 fully saturated rings. The van der Waals surface area contributed by atoms with E-state index in [1.54, 1.807) is 24.3 Å². The van der Waals surface area contributed by atoms with Crippen LogP contribution in [0.3, 0.4) is 0 Å². The highest BCUT2D eigenvalue weighted by Crippen LogP contribution is 2.15. The number of rotatable bonds is 3. The second-order valence-corrected chi connectivity index (χ2v) is 6.72. The van der Waals surface area contributed by atoms with Crippen molar-refractivity contribution in [1.82, 2.24) is 0 Å². The third-order valence-electron chi connectivity index (χ3n) is 4.24. The lowest BCUT2D eigenvalue weighted by Crippen LogP contribution is -2.24. The lowest BCUT2D eigenvalue weighted by molar-refractivity contribution is -0.605. The molecule has 0 atom stereocenters. The van der Waals surface area contributed by atoms with Gasteiger partial charge in [-0.25, -0.2) is 0 Å². The predicted octanol–water partition coefficient (Wildman–Crippen LogP) is 1.60. The molecule has 2 amide bonds. The zero-order valence-corrected chi connectivity index (χ0v) is 17.8. The van der Waals surface area contributed by atoms with E-state index in [1.165, 1.54) is 73.3 Å². The number of aromatic hydroxyl groups is 2. The minimum absolute atomic E-state index is 0.130. The van der Waals surface area contributed by atoms with E-state index < -0.39 is 11.8 Å². The maximum atomic E-state index is 10.8. The Bertz CT molecular complexity index is 1110. The second-order valence-electron chi connectivity index (χ2n) is 6.72. The van der Waals surface area contributed by atoms with Gasteiger partial charge in [0.05, 0.1) is 0 Å². The van der Waals surface area contributed by atoms with E-state index >= 15 is 0 Å². The second kappa shape index (κ2) is 12.1. The van der Waals surface area contributed by atoms with Crippen LogP contribution in [-0.4, -0.2) is 22.0 Å². The molecule has 0 aliphatic rings. The third kappa shape index (κ3) is 8.19. The maximum absolute atomic E-state index is 10.8. The summed E-state index contributed by atoms with van der Waals surface area (Å²) < 4.78 is 1.44. The number of amides is 2. The molecule has 6 N–H and O–H groups in total. The van der Waals surface area contributed by atoms with E-state index in [2.05, 4.69) is 0 Å². The molecule has 0 unspecified atom stereocenters. The number of carbonyl (C=O) groups is 2. The summed E-state index contributed by atoms with van der Waals surface area (Å²) in [5.41, 5.74) is 12.5. The van der Waals surface area contributed by atoms with E-state index in [0.717, 1.165) is 20.6 Å². The molecule has 174 valence electrons. The Morgan fingerprint density at radius 2 is 0.824 bits per heavy atom. The van der Waals surface area contributed by atoms with Crippen molar-refractivity contribution in [2.75, 3.05) is 0 Å². The van der Waals surface area contributed by atoms with Gasteiger partial charge < -0.3 is 32.1 Å². The van der Waals surface area contributed by atoms with Crippen molar-refractivity contribution in [1.29, 1.82) is 0 Å². The highest BCUT2D eigenvalue weighted by Gasteiger charge is 2.00. The Balaban J connectivity index is 0.000000185. The summed E-state index contributed by atoms with van der Waals surface area (Å²) in [7, 11) is 0. The lowest BCUT2D eigenvalue weighted by atomic mass is 10.1. The zero-order valence-electron chi connectivity index (χ0n) is 17.8. The Morgan fingerprint density at radius 1 is 0.559 bits per heavy atom. The van der Waals surface area contributed by atoms with Gasteiger partial charge in [-0.15, -0.1) is 0 Å². The largest absolute Gasteiger partial charge is 0.619 e. The van der Waals surface area contributed by atoms with Gasteiger partial charge in [0.15, 0.2) is 24.8 Å². The molecule has 2 aromatic carbocycles. The van der Waals surface area contributed by atoms with Crippen LogP contribution >= 0.6 is 0 Å². The fraction of sp³-hybridized carbons (Fsp3) is 0. The summed E-state index contributed by atoms with van der Waals surface area (Å²) in [5.74, 6) is -0.713. The van der Waals surface area contributed by atoms with Crippen molar-refractivity contribution in [2.45, 2.75) is 0 Å². The monoisotopic (exact) mass is 462 g/mol. The van der Waals surface area contributed by atoms with Crippen molar-refractivity contribution in [3.63, 3.8) is 0 Å². The summed E-state index contributed by atoms with van der Waals surface area (Å²) in [6.45, 7) is 0. The summed E-state index contributed by atoms with van der Waals surface area (Å²) in [6.07, 6.45) is 5.70. The van der Waals surface area contributed by atoms with Crippen molar-refractivity contribution in [3.8, 4) is 22.6 Å². The summed E-state index contributed by atoms with van der Waals surface area (Å²) >= 11 is 0. The van der Waals surface area contributed by atoms with Crippen molar-refractivity contribution < 1.29 is 29.3 Å². The van der Waals surface area contributed by atoms with Crippen LogP contribution in [-0.2, 0) is 0 Å². The molecule has 4 rings (SSSR count). The van der Waals surface area contributed by atoms with Gasteiger partial charge in [-0.05, 0) is 59.7 Å². The number of carbonyl (C=O) groups excluding carboxylic acids is 2. The Kier molecular flexibility index (Phi) is 8.91. The number of phenolic OH excluding ortho intramolecular Hbond substituents is 2. The van der Waals surface area contributed by atoms with E-state index in [1.807, 2.05) is 0 Å². The summed E-state index contributed by atoms with van der Waals surface area (Å²) in [5, 5.41) is 39.1. The molecule has 10 heteroatoms. The van der Waals surface area contributed by atoms with Crippen LogP contribution in [0.25, 0.3) is 11.1 Å². The number of aromatic nitrogens is 2.